The second-order valence-electron chi connectivity index (χ2n) is 4.91. The Morgan fingerprint density at radius 1 is 1.24 bits per heavy atom. The van der Waals surface area contributed by atoms with Gasteiger partial charge in [-0.05, 0) is 31.5 Å². The third-order valence-corrected chi connectivity index (χ3v) is 3.43. The molecule has 2 aromatic heterocycles. The highest BCUT2D eigenvalue weighted by molar-refractivity contribution is 5.55. The number of rotatable bonds is 1. The van der Waals surface area contributed by atoms with Crippen LogP contribution in [0.1, 0.15) is 22.5 Å². The fourth-order valence-corrected chi connectivity index (χ4v) is 2.42. The maximum atomic E-state index is 13.2. The number of fused-ring (bicyclic) bond motifs is 1. The van der Waals surface area contributed by atoms with Crippen LogP contribution >= 0.6 is 0 Å². The standard InChI is InChI=1S/C14H13F3N4/c1-8-3-2-5-19-11(8)13-20-10-7-18-6-4-9(10)12(21-13)14(15,16)17/h2-3,5,18H,4,6-7H2,1H3. The SMILES string of the molecule is Cc1cccnc1-c1nc2c(c(C(F)(F)F)n1)CCNC2. The summed E-state index contributed by atoms with van der Waals surface area (Å²) in [5.41, 5.74) is 0.891. The fraction of sp³-hybridized carbons (Fsp3) is 0.357. The van der Waals surface area contributed by atoms with Gasteiger partial charge in [0.05, 0.1) is 5.69 Å². The van der Waals surface area contributed by atoms with Crippen LogP contribution in [-0.4, -0.2) is 21.5 Å². The average molecular weight is 294 g/mol. The minimum Gasteiger partial charge on any atom is -0.311 e. The highest BCUT2D eigenvalue weighted by Crippen LogP contribution is 2.34. The summed E-state index contributed by atoms with van der Waals surface area (Å²) >= 11 is 0. The molecular formula is C14H13F3N4. The minimum atomic E-state index is -4.48. The Labute approximate surface area is 119 Å². The van der Waals surface area contributed by atoms with Gasteiger partial charge < -0.3 is 5.32 Å². The van der Waals surface area contributed by atoms with Crippen LogP contribution in [0.15, 0.2) is 18.3 Å². The second-order valence-corrected chi connectivity index (χ2v) is 4.91. The van der Waals surface area contributed by atoms with Crippen LogP contribution in [-0.2, 0) is 19.1 Å². The molecule has 4 nitrogen and oxygen atoms in total. The summed E-state index contributed by atoms with van der Waals surface area (Å²) in [6.07, 6.45) is -2.68. The highest BCUT2D eigenvalue weighted by Gasteiger charge is 2.38. The Kier molecular flexibility index (Phi) is 3.36. The molecule has 1 N–H and O–H groups in total. The summed E-state index contributed by atoms with van der Waals surface area (Å²) in [5, 5.41) is 3.03. The van der Waals surface area contributed by atoms with Crippen molar-refractivity contribution in [3.05, 3.63) is 40.8 Å². The number of aromatic nitrogens is 3. The fourth-order valence-electron chi connectivity index (χ4n) is 2.42. The Morgan fingerprint density at radius 2 is 2.05 bits per heavy atom. The Balaban J connectivity index is 2.22. The third kappa shape index (κ3) is 2.61. The van der Waals surface area contributed by atoms with Gasteiger partial charge in [-0.25, -0.2) is 9.97 Å². The molecule has 0 bridgehead atoms. The lowest BCUT2D eigenvalue weighted by atomic mass is 10.0. The number of pyridine rings is 1. The van der Waals surface area contributed by atoms with Gasteiger partial charge in [0.1, 0.15) is 5.69 Å². The zero-order chi connectivity index (χ0) is 15.0. The molecule has 0 atom stereocenters. The first kappa shape index (κ1) is 13.9. The Hall–Kier alpha value is -2.02. The van der Waals surface area contributed by atoms with Gasteiger partial charge in [-0.1, -0.05) is 6.07 Å². The number of hydrogen-bond donors (Lipinski definition) is 1. The molecule has 0 spiro atoms. The van der Waals surface area contributed by atoms with Crippen LogP contribution in [0.4, 0.5) is 13.2 Å². The van der Waals surface area contributed by atoms with E-state index in [1.54, 1.807) is 19.1 Å². The number of aryl methyl sites for hydroxylation is 1. The molecule has 0 amide bonds. The van der Waals surface area contributed by atoms with Crippen molar-refractivity contribution in [3.63, 3.8) is 0 Å². The monoisotopic (exact) mass is 294 g/mol. The smallest absolute Gasteiger partial charge is 0.311 e. The van der Waals surface area contributed by atoms with Gasteiger partial charge in [0.2, 0.25) is 0 Å². The highest BCUT2D eigenvalue weighted by atomic mass is 19.4. The predicted octanol–water partition coefficient (Wildman–Crippen LogP) is 2.51. The van der Waals surface area contributed by atoms with Gasteiger partial charge in [-0.2, -0.15) is 13.2 Å². The van der Waals surface area contributed by atoms with Crippen molar-refractivity contribution in [2.45, 2.75) is 26.1 Å². The average Bonchev–Trinajstić information content (AvgIpc) is 2.45. The van der Waals surface area contributed by atoms with Crippen molar-refractivity contribution in [2.75, 3.05) is 6.54 Å². The number of hydrogen-bond acceptors (Lipinski definition) is 4. The maximum absolute atomic E-state index is 13.2. The van der Waals surface area contributed by atoms with E-state index in [1.165, 1.54) is 6.20 Å². The van der Waals surface area contributed by atoms with Crippen molar-refractivity contribution in [3.8, 4) is 11.5 Å². The molecule has 0 radical (unpaired) electrons. The first-order chi connectivity index (χ1) is 9.97. The zero-order valence-electron chi connectivity index (χ0n) is 11.3. The van der Waals surface area contributed by atoms with Gasteiger partial charge in [0.25, 0.3) is 0 Å². The first-order valence-corrected chi connectivity index (χ1v) is 6.56. The summed E-state index contributed by atoms with van der Waals surface area (Å²) in [6.45, 7) is 2.60. The van der Waals surface area contributed by atoms with E-state index >= 15 is 0 Å². The van der Waals surface area contributed by atoms with Crippen molar-refractivity contribution < 1.29 is 13.2 Å². The number of nitrogens with zero attached hydrogens (tertiary/aromatic N) is 3. The second kappa shape index (κ2) is 5.07. The maximum Gasteiger partial charge on any atom is 0.433 e. The van der Waals surface area contributed by atoms with E-state index < -0.39 is 11.9 Å². The van der Waals surface area contributed by atoms with E-state index in [9.17, 15) is 13.2 Å². The van der Waals surface area contributed by atoms with E-state index in [2.05, 4.69) is 20.3 Å². The molecule has 0 unspecified atom stereocenters. The van der Waals surface area contributed by atoms with Crippen LogP contribution in [0.3, 0.4) is 0 Å². The summed E-state index contributed by atoms with van der Waals surface area (Å²) in [7, 11) is 0. The van der Waals surface area contributed by atoms with Crippen LogP contribution in [0.5, 0.6) is 0 Å². The van der Waals surface area contributed by atoms with Crippen LogP contribution in [0.2, 0.25) is 0 Å². The van der Waals surface area contributed by atoms with Gasteiger partial charge in [0.15, 0.2) is 11.5 Å². The van der Waals surface area contributed by atoms with E-state index in [0.717, 1.165) is 5.56 Å². The van der Waals surface area contributed by atoms with E-state index in [1.807, 2.05) is 0 Å². The third-order valence-electron chi connectivity index (χ3n) is 3.43. The summed E-state index contributed by atoms with van der Waals surface area (Å²) in [6, 6.07) is 3.50. The van der Waals surface area contributed by atoms with Crippen molar-refractivity contribution in [2.24, 2.45) is 0 Å². The normalized spacial score (nSPS) is 14.9. The molecule has 3 heterocycles. The lowest BCUT2D eigenvalue weighted by Gasteiger charge is -2.21. The van der Waals surface area contributed by atoms with Gasteiger partial charge >= 0.3 is 6.18 Å². The molecule has 3 rings (SSSR count). The van der Waals surface area contributed by atoms with Gasteiger partial charge in [0, 0.05) is 18.3 Å². The van der Waals surface area contributed by atoms with Crippen molar-refractivity contribution in [1.82, 2.24) is 20.3 Å². The lowest BCUT2D eigenvalue weighted by Crippen LogP contribution is -2.29. The molecule has 0 saturated carbocycles. The predicted molar refractivity (Wildman–Crippen MR) is 70.4 cm³/mol. The quantitative estimate of drug-likeness (QED) is 0.878. The largest absolute Gasteiger partial charge is 0.433 e. The van der Waals surface area contributed by atoms with Crippen molar-refractivity contribution >= 4 is 0 Å². The molecule has 7 heteroatoms. The molecule has 0 saturated heterocycles. The first-order valence-electron chi connectivity index (χ1n) is 6.56. The molecule has 21 heavy (non-hydrogen) atoms. The lowest BCUT2D eigenvalue weighted by molar-refractivity contribution is -0.142. The molecular weight excluding hydrogens is 281 g/mol. The molecule has 0 aliphatic carbocycles. The summed E-state index contributed by atoms with van der Waals surface area (Å²) in [5.74, 6) is 0.0304. The molecule has 0 aromatic carbocycles. The molecule has 1 aliphatic heterocycles. The Bertz CT molecular complexity index is 682. The van der Waals surface area contributed by atoms with Gasteiger partial charge in [-0.15, -0.1) is 0 Å². The topological polar surface area (TPSA) is 50.7 Å². The van der Waals surface area contributed by atoms with Crippen LogP contribution in [0, 0.1) is 6.92 Å². The Morgan fingerprint density at radius 3 is 2.76 bits per heavy atom. The van der Waals surface area contributed by atoms with E-state index in [0.29, 0.717) is 24.5 Å². The molecule has 2 aromatic rings. The van der Waals surface area contributed by atoms with E-state index in [4.69, 9.17) is 0 Å². The minimum absolute atomic E-state index is 0.0304. The van der Waals surface area contributed by atoms with Crippen LogP contribution in [0.25, 0.3) is 11.5 Å². The van der Waals surface area contributed by atoms with Crippen molar-refractivity contribution in [1.29, 1.82) is 0 Å². The number of nitrogens with one attached hydrogen (secondary N) is 1. The summed E-state index contributed by atoms with van der Waals surface area (Å²) < 4.78 is 39.7. The van der Waals surface area contributed by atoms with Crippen LogP contribution < -0.4 is 5.32 Å². The zero-order valence-corrected chi connectivity index (χ0v) is 11.3. The summed E-state index contributed by atoms with van der Waals surface area (Å²) in [4.78, 5) is 12.2. The van der Waals surface area contributed by atoms with Gasteiger partial charge in [-0.3, -0.25) is 4.98 Å². The molecule has 0 fully saturated rings. The molecule has 110 valence electrons. The number of alkyl halides is 3. The number of halogens is 3. The molecule has 1 aliphatic rings. The van der Waals surface area contributed by atoms with E-state index in [-0.39, 0.29) is 17.8 Å².